The number of nitriles is 1. The highest BCUT2D eigenvalue weighted by Gasteiger charge is 2.15. The molecular formula is C23H19N3O2. The van der Waals surface area contributed by atoms with E-state index in [9.17, 15) is 10.1 Å². The molecule has 0 aliphatic carbocycles. The van der Waals surface area contributed by atoms with E-state index < -0.39 is 5.91 Å². The monoisotopic (exact) mass is 369 g/mol. The molecule has 2 aromatic carbocycles. The fourth-order valence-corrected chi connectivity index (χ4v) is 2.97. The number of hydrogen-bond acceptors (Lipinski definition) is 3. The molecule has 5 heteroatoms. The summed E-state index contributed by atoms with van der Waals surface area (Å²) in [6.07, 6.45) is 6.85. The molecule has 0 aliphatic heterocycles. The number of ether oxygens (including phenoxy) is 1. The van der Waals surface area contributed by atoms with Crippen molar-refractivity contribution in [3.63, 3.8) is 0 Å². The van der Waals surface area contributed by atoms with E-state index in [1.54, 1.807) is 10.7 Å². The number of benzene rings is 2. The van der Waals surface area contributed by atoms with Crippen molar-refractivity contribution in [1.82, 2.24) is 4.68 Å². The third-order valence-electron chi connectivity index (χ3n) is 4.38. The van der Waals surface area contributed by atoms with Crippen LogP contribution in [-0.4, -0.2) is 17.2 Å². The number of carbonyl (C=O) groups is 1. The van der Waals surface area contributed by atoms with Crippen molar-refractivity contribution in [3.8, 4) is 24.2 Å². The third-order valence-corrected chi connectivity index (χ3v) is 4.38. The van der Waals surface area contributed by atoms with Gasteiger partial charge in [-0.25, -0.2) is 0 Å². The van der Waals surface area contributed by atoms with Crippen LogP contribution in [0.5, 0.6) is 5.75 Å². The number of aryl methyl sites for hydroxylation is 2. The second-order valence-corrected chi connectivity index (χ2v) is 6.25. The van der Waals surface area contributed by atoms with Crippen LogP contribution in [0.2, 0.25) is 0 Å². The number of carbonyl (C=O) groups excluding carboxylic acids is 1. The Labute approximate surface area is 163 Å². The van der Waals surface area contributed by atoms with Gasteiger partial charge in [-0.05, 0) is 48.9 Å². The fraction of sp³-hybridized carbons (Fsp3) is 0.130. The largest absolute Gasteiger partial charge is 0.480 e. The average Bonchev–Trinajstić information content (AvgIpc) is 3.02. The summed E-state index contributed by atoms with van der Waals surface area (Å²) in [4.78, 5) is 12.7. The Hall–Kier alpha value is -3.96. The van der Waals surface area contributed by atoms with Crippen molar-refractivity contribution in [2.75, 3.05) is 12.0 Å². The zero-order valence-electron chi connectivity index (χ0n) is 15.7. The molecule has 0 atom stereocenters. The Kier molecular flexibility index (Phi) is 5.48. The van der Waals surface area contributed by atoms with Crippen molar-refractivity contribution < 1.29 is 9.53 Å². The van der Waals surface area contributed by atoms with Crippen molar-refractivity contribution in [2.45, 2.75) is 13.8 Å². The Morgan fingerprint density at radius 2 is 1.89 bits per heavy atom. The molecule has 1 N–H and O–H groups in total. The molecule has 1 heterocycles. The van der Waals surface area contributed by atoms with Crippen LogP contribution in [0.4, 0.5) is 0 Å². The number of hydrogen-bond donors (Lipinski definition) is 1. The zero-order valence-corrected chi connectivity index (χ0v) is 15.7. The Bertz CT molecular complexity index is 1140. The maximum atomic E-state index is 12.7. The smallest absolute Gasteiger partial charge is 0.280 e. The first-order chi connectivity index (χ1) is 13.5. The number of aromatic nitrogens is 1. The van der Waals surface area contributed by atoms with Gasteiger partial charge in [-0.15, -0.1) is 6.42 Å². The molecule has 1 aromatic heterocycles. The zero-order chi connectivity index (χ0) is 20.1. The molecule has 0 unspecified atom stereocenters. The molecule has 1 amide bonds. The number of terminal acetylenes is 1. The molecular weight excluding hydrogens is 350 g/mol. The van der Waals surface area contributed by atoms with Gasteiger partial charge < -0.3 is 4.74 Å². The lowest BCUT2D eigenvalue weighted by Gasteiger charge is -2.12. The van der Waals surface area contributed by atoms with Crippen LogP contribution in [0.3, 0.4) is 0 Å². The lowest BCUT2D eigenvalue weighted by Crippen LogP contribution is -2.25. The summed E-state index contributed by atoms with van der Waals surface area (Å²) in [6.45, 7) is 3.84. The van der Waals surface area contributed by atoms with Crippen molar-refractivity contribution in [2.24, 2.45) is 0 Å². The minimum Gasteiger partial charge on any atom is -0.480 e. The first-order valence-electron chi connectivity index (χ1n) is 8.71. The molecule has 3 aromatic rings. The van der Waals surface area contributed by atoms with E-state index in [2.05, 4.69) is 11.3 Å². The van der Waals surface area contributed by atoms with E-state index in [1.165, 1.54) is 6.08 Å². The van der Waals surface area contributed by atoms with Gasteiger partial charge in [0.05, 0.1) is 0 Å². The summed E-state index contributed by atoms with van der Waals surface area (Å²) >= 11 is 0. The number of nitrogens with zero attached hydrogens (tertiary/aromatic N) is 2. The predicted molar refractivity (Wildman–Crippen MR) is 110 cm³/mol. The number of rotatable bonds is 5. The highest BCUT2D eigenvalue weighted by molar-refractivity contribution is 6.08. The first-order valence-corrected chi connectivity index (χ1v) is 8.71. The summed E-state index contributed by atoms with van der Waals surface area (Å²) in [6, 6.07) is 17.2. The molecule has 0 saturated carbocycles. The van der Waals surface area contributed by atoms with Gasteiger partial charge in [0.25, 0.3) is 5.91 Å². The second kappa shape index (κ2) is 8.16. The maximum absolute atomic E-state index is 12.7. The molecule has 3 rings (SSSR count). The predicted octanol–water partition coefficient (Wildman–Crippen LogP) is 3.95. The second-order valence-electron chi connectivity index (χ2n) is 6.25. The number of amides is 1. The van der Waals surface area contributed by atoms with E-state index in [-0.39, 0.29) is 12.2 Å². The van der Waals surface area contributed by atoms with Crippen LogP contribution in [0.15, 0.2) is 54.1 Å². The summed E-state index contributed by atoms with van der Waals surface area (Å²) < 4.78 is 7.28. The average molecular weight is 369 g/mol. The van der Waals surface area contributed by atoms with Crippen molar-refractivity contribution >= 4 is 22.8 Å². The normalized spacial score (nSPS) is 10.9. The standard InChI is InChI=1S/C23H19N3O2/c1-4-13-28-22-12-11-18-7-5-6-8-20(18)21(22)14-19(15-24)23(27)25-26-16(2)9-10-17(26)3/h1,5-12,14H,13H2,2-3H3,(H,25,27)/b19-14+. The molecule has 0 spiro atoms. The van der Waals surface area contributed by atoms with Crippen LogP contribution >= 0.6 is 0 Å². The summed E-state index contributed by atoms with van der Waals surface area (Å²) in [7, 11) is 0. The van der Waals surface area contributed by atoms with Crippen LogP contribution in [0, 0.1) is 37.5 Å². The van der Waals surface area contributed by atoms with Gasteiger partial charge in [-0.1, -0.05) is 36.3 Å². The van der Waals surface area contributed by atoms with E-state index in [0.717, 1.165) is 22.2 Å². The van der Waals surface area contributed by atoms with E-state index >= 15 is 0 Å². The minimum atomic E-state index is -0.499. The van der Waals surface area contributed by atoms with Gasteiger partial charge in [0.15, 0.2) is 0 Å². The molecule has 5 nitrogen and oxygen atoms in total. The van der Waals surface area contributed by atoms with E-state index in [4.69, 9.17) is 11.2 Å². The quantitative estimate of drug-likeness (QED) is 0.421. The van der Waals surface area contributed by atoms with Crippen molar-refractivity contribution in [1.29, 1.82) is 5.26 Å². The highest BCUT2D eigenvalue weighted by atomic mass is 16.5. The molecule has 0 fully saturated rings. The van der Waals surface area contributed by atoms with Crippen LogP contribution < -0.4 is 10.2 Å². The Morgan fingerprint density at radius 3 is 2.57 bits per heavy atom. The maximum Gasteiger partial charge on any atom is 0.280 e. The summed E-state index contributed by atoms with van der Waals surface area (Å²) in [5.41, 5.74) is 5.10. The molecule has 0 bridgehead atoms. The van der Waals surface area contributed by atoms with Gasteiger partial charge in [0, 0.05) is 17.0 Å². The van der Waals surface area contributed by atoms with E-state index in [0.29, 0.717) is 11.3 Å². The molecule has 0 radical (unpaired) electrons. The van der Waals surface area contributed by atoms with Gasteiger partial charge in [0.2, 0.25) is 0 Å². The molecule has 0 saturated heterocycles. The molecule has 138 valence electrons. The van der Waals surface area contributed by atoms with E-state index in [1.807, 2.05) is 62.4 Å². The number of fused-ring (bicyclic) bond motifs is 1. The lowest BCUT2D eigenvalue weighted by molar-refractivity contribution is -0.113. The van der Waals surface area contributed by atoms with Crippen molar-refractivity contribution in [3.05, 3.63) is 71.1 Å². The minimum absolute atomic E-state index is 0.0330. The van der Waals surface area contributed by atoms with Crippen LogP contribution in [0.25, 0.3) is 16.8 Å². The van der Waals surface area contributed by atoms with Gasteiger partial charge in [-0.3, -0.25) is 14.9 Å². The highest BCUT2D eigenvalue weighted by Crippen LogP contribution is 2.30. The molecule has 28 heavy (non-hydrogen) atoms. The van der Waals surface area contributed by atoms with Crippen LogP contribution in [0.1, 0.15) is 17.0 Å². The van der Waals surface area contributed by atoms with Gasteiger partial charge in [-0.2, -0.15) is 5.26 Å². The van der Waals surface area contributed by atoms with Gasteiger partial charge in [0.1, 0.15) is 24.0 Å². The first kappa shape index (κ1) is 18.8. The Balaban J connectivity index is 2.06. The third kappa shape index (κ3) is 3.75. The van der Waals surface area contributed by atoms with Gasteiger partial charge >= 0.3 is 0 Å². The SMILES string of the molecule is C#CCOc1ccc2ccccc2c1/C=C(\C#N)C(=O)Nn1c(C)ccc1C. The summed E-state index contributed by atoms with van der Waals surface area (Å²) in [5.74, 6) is 2.45. The Morgan fingerprint density at radius 1 is 1.18 bits per heavy atom. The molecule has 0 aliphatic rings. The van der Waals surface area contributed by atoms with Crippen LogP contribution in [-0.2, 0) is 4.79 Å². The fourth-order valence-electron chi connectivity index (χ4n) is 2.97. The number of nitrogens with one attached hydrogen (secondary N) is 1. The summed E-state index contributed by atoms with van der Waals surface area (Å²) in [5, 5.41) is 11.4. The topological polar surface area (TPSA) is 67.0 Å². The lowest BCUT2D eigenvalue weighted by atomic mass is 10.0.